The van der Waals surface area contributed by atoms with Crippen LogP contribution in [-0.2, 0) is 14.8 Å². The van der Waals surface area contributed by atoms with Gasteiger partial charge in [0.25, 0.3) is 5.91 Å². The maximum Gasteiger partial charge on any atom is 0.252 e. The van der Waals surface area contributed by atoms with Gasteiger partial charge in [0.2, 0.25) is 22.7 Å². The van der Waals surface area contributed by atoms with E-state index in [0.717, 1.165) is 0 Å². The molecule has 2 aromatic rings. The number of carbonyl (C=O) groups excluding carboxylic acids is 2. The van der Waals surface area contributed by atoms with Crippen LogP contribution in [0, 0.1) is 11.8 Å². The zero-order valence-corrected chi connectivity index (χ0v) is 21.8. The average molecular weight is 536 g/mol. The molecule has 9 nitrogen and oxygen atoms in total. The summed E-state index contributed by atoms with van der Waals surface area (Å²) in [5, 5.41) is 6.25. The number of amides is 2. The minimum absolute atomic E-state index is 0.0954. The van der Waals surface area contributed by atoms with Gasteiger partial charge in [-0.3, -0.25) is 9.59 Å². The standard InChI is InChI=1S/C25H30ClN3O6S/c1-16(2)14-27-25(31)23(28-24(30)18-3-8-21-22(13-18)35-15-34-21)17-9-11-29(12-10-17)36(32,33)20-6-4-19(26)5-7-20/h3-8,13,16-17,23H,9-12,14-15H2,1-2H3,(H,27,31)(H,28,30). The molecule has 1 saturated heterocycles. The fourth-order valence-electron chi connectivity index (χ4n) is 4.28. The number of piperidine rings is 1. The van der Waals surface area contributed by atoms with E-state index in [2.05, 4.69) is 10.6 Å². The third-order valence-corrected chi connectivity index (χ3v) is 8.47. The predicted octanol–water partition coefficient (Wildman–Crippen LogP) is 3.04. The van der Waals surface area contributed by atoms with Crippen molar-refractivity contribution in [1.82, 2.24) is 14.9 Å². The van der Waals surface area contributed by atoms with Gasteiger partial charge in [-0.15, -0.1) is 0 Å². The second-order valence-corrected chi connectivity index (χ2v) is 11.7. The van der Waals surface area contributed by atoms with Crippen LogP contribution in [0.1, 0.15) is 37.0 Å². The molecule has 2 N–H and O–H groups in total. The molecule has 1 unspecified atom stereocenters. The number of benzene rings is 2. The van der Waals surface area contributed by atoms with Gasteiger partial charge in [-0.05, 0) is 67.1 Å². The minimum Gasteiger partial charge on any atom is -0.454 e. The van der Waals surface area contributed by atoms with Gasteiger partial charge in [-0.1, -0.05) is 25.4 Å². The van der Waals surface area contributed by atoms with Crippen LogP contribution in [0.3, 0.4) is 0 Å². The summed E-state index contributed by atoms with van der Waals surface area (Å²) in [6.07, 6.45) is 0.849. The highest BCUT2D eigenvalue weighted by molar-refractivity contribution is 7.89. The van der Waals surface area contributed by atoms with E-state index in [1.54, 1.807) is 30.3 Å². The Hall–Kier alpha value is -2.82. The maximum absolute atomic E-state index is 13.1. The van der Waals surface area contributed by atoms with E-state index in [4.69, 9.17) is 21.1 Å². The van der Waals surface area contributed by atoms with Gasteiger partial charge in [0.15, 0.2) is 11.5 Å². The highest BCUT2D eigenvalue weighted by Gasteiger charge is 2.36. The van der Waals surface area contributed by atoms with Crippen molar-refractivity contribution in [2.75, 3.05) is 26.4 Å². The fourth-order valence-corrected chi connectivity index (χ4v) is 5.88. The lowest BCUT2D eigenvalue weighted by molar-refractivity contribution is -0.124. The van der Waals surface area contributed by atoms with Crippen molar-refractivity contribution in [3.05, 3.63) is 53.1 Å². The lowest BCUT2D eigenvalue weighted by Gasteiger charge is -2.35. The Bertz CT molecular complexity index is 1210. The summed E-state index contributed by atoms with van der Waals surface area (Å²) in [7, 11) is -3.68. The smallest absolute Gasteiger partial charge is 0.252 e. The molecule has 2 amide bonds. The van der Waals surface area contributed by atoms with Gasteiger partial charge in [0, 0.05) is 30.2 Å². The molecule has 194 valence electrons. The molecule has 36 heavy (non-hydrogen) atoms. The van der Waals surface area contributed by atoms with Gasteiger partial charge in [0.05, 0.1) is 4.90 Å². The second kappa shape index (κ2) is 11.1. The van der Waals surface area contributed by atoms with Crippen molar-refractivity contribution >= 4 is 33.4 Å². The average Bonchev–Trinajstić information content (AvgIpc) is 3.34. The number of hydrogen-bond donors (Lipinski definition) is 2. The van der Waals surface area contributed by atoms with Crippen LogP contribution in [-0.4, -0.2) is 57.0 Å². The highest BCUT2D eigenvalue weighted by Crippen LogP contribution is 2.33. The highest BCUT2D eigenvalue weighted by atomic mass is 35.5. The summed E-state index contributed by atoms with van der Waals surface area (Å²) in [6.45, 7) is 5.02. The van der Waals surface area contributed by atoms with Crippen LogP contribution in [0.5, 0.6) is 11.5 Å². The van der Waals surface area contributed by atoms with Crippen molar-refractivity contribution in [1.29, 1.82) is 0 Å². The number of halogens is 1. The molecule has 1 atom stereocenters. The molecule has 0 radical (unpaired) electrons. The molecule has 2 aromatic carbocycles. The van der Waals surface area contributed by atoms with E-state index >= 15 is 0 Å². The normalized spacial score (nSPS) is 17.1. The van der Waals surface area contributed by atoms with Gasteiger partial charge in [0.1, 0.15) is 6.04 Å². The van der Waals surface area contributed by atoms with Crippen molar-refractivity contribution in [3.63, 3.8) is 0 Å². The Morgan fingerprint density at radius 1 is 1.06 bits per heavy atom. The van der Waals surface area contributed by atoms with E-state index in [0.29, 0.717) is 41.5 Å². The lowest BCUT2D eigenvalue weighted by Crippen LogP contribution is -2.54. The van der Waals surface area contributed by atoms with Crippen LogP contribution >= 0.6 is 11.6 Å². The van der Waals surface area contributed by atoms with Crippen molar-refractivity contribution < 1.29 is 27.5 Å². The SMILES string of the molecule is CC(C)CNC(=O)C(NC(=O)c1ccc2c(c1)OCO2)C1CCN(S(=O)(=O)c2ccc(Cl)cc2)CC1. The number of rotatable bonds is 8. The van der Waals surface area contributed by atoms with E-state index in [1.807, 2.05) is 13.8 Å². The molecule has 2 aliphatic rings. The van der Waals surface area contributed by atoms with Crippen LogP contribution < -0.4 is 20.1 Å². The minimum atomic E-state index is -3.68. The third kappa shape index (κ3) is 5.93. The first kappa shape index (κ1) is 26.2. The van der Waals surface area contributed by atoms with E-state index < -0.39 is 22.0 Å². The molecule has 4 rings (SSSR count). The molecule has 0 aliphatic carbocycles. The van der Waals surface area contributed by atoms with Crippen LogP contribution in [0.15, 0.2) is 47.4 Å². The molecule has 0 spiro atoms. The Morgan fingerprint density at radius 2 is 1.72 bits per heavy atom. The number of hydrogen-bond acceptors (Lipinski definition) is 6. The first-order valence-electron chi connectivity index (χ1n) is 11.9. The Labute approximate surface area is 216 Å². The Balaban J connectivity index is 1.47. The topological polar surface area (TPSA) is 114 Å². The molecular formula is C25H30ClN3O6S. The predicted molar refractivity (Wildman–Crippen MR) is 135 cm³/mol. The molecule has 11 heteroatoms. The first-order valence-corrected chi connectivity index (χ1v) is 13.7. The molecule has 2 aliphatic heterocycles. The van der Waals surface area contributed by atoms with Gasteiger partial charge in [-0.2, -0.15) is 4.31 Å². The molecule has 0 aromatic heterocycles. The number of carbonyl (C=O) groups is 2. The molecular weight excluding hydrogens is 506 g/mol. The number of nitrogens with one attached hydrogen (secondary N) is 2. The molecule has 2 heterocycles. The number of nitrogens with zero attached hydrogens (tertiary/aromatic N) is 1. The number of fused-ring (bicyclic) bond motifs is 1. The number of ether oxygens (including phenoxy) is 2. The Morgan fingerprint density at radius 3 is 2.39 bits per heavy atom. The van der Waals surface area contributed by atoms with Crippen LogP contribution in [0.4, 0.5) is 0 Å². The molecule has 0 saturated carbocycles. The fraction of sp³-hybridized carbons (Fsp3) is 0.440. The molecule has 0 bridgehead atoms. The van der Waals surface area contributed by atoms with Gasteiger partial charge >= 0.3 is 0 Å². The summed E-state index contributed by atoms with van der Waals surface area (Å²) in [5.74, 6) is 0.361. The zero-order valence-electron chi connectivity index (χ0n) is 20.2. The quantitative estimate of drug-likeness (QED) is 0.537. The van der Waals surface area contributed by atoms with Crippen LogP contribution in [0.25, 0.3) is 0 Å². The molecule has 1 fully saturated rings. The van der Waals surface area contributed by atoms with Crippen molar-refractivity contribution in [3.8, 4) is 11.5 Å². The largest absolute Gasteiger partial charge is 0.454 e. The zero-order chi connectivity index (χ0) is 25.9. The van der Waals surface area contributed by atoms with Gasteiger partial charge in [-0.25, -0.2) is 8.42 Å². The second-order valence-electron chi connectivity index (χ2n) is 9.35. The monoisotopic (exact) mass is 535 g/mol. The summed E-state index contributed by atoms with van der Waals surface area (Å²) >= 11 is 5.90. The van der Waals surface area contributed by atoms with E-state index in [9.17, 15) is 18.0 Å². The number of sulfonamides is 1. The van der Waals surface area contributed by atoms with Crippen LogP contribution in [0.2, 0.25) is 5.02 Å². The maximum atomic E-state index is 13.1. The summed E-state index contributed by atoms with van der Waals surface area (Å²) in [6, 6.07) is 10.1. The summed E-state index contributed by atoms with van der Waals surface area (Å²) in [5.41, 5.74) is 0.351. The first-order chi connectivity index (χ1) is 17.1. The van der Waals surface area contributed by atoms with E-state index in [1.165, 1.54) is 16.4 Å². The van der Waals surface area contributed by atoms with Crippen molar-refractivity contribution in [2.24, 2.45) is 11.8 Å². The lowest BCUT2D eigenvalue weighted by atomic mass is 9.89. The Kier molecular flexibility index (Phi) is 8.07. The third-order valence-electron chi connectivity index (χ3n) is 6.31. The summed E-state index contributed by atoms with van der Waals surface area (Å²) in [4.78, 5) is 26.4. The summed E-state index contributed by atoms with van der Waals surface area (Å²) < 4.78 is 38.2. The van der Waals surface area contributed by atoms with Crippen molar-refractivity contribution in [2.45, 2.75) is 37.6 Å². The van der Waals surface area contributed by atoms with Gasteiger partial charge < -0.3 is 20.1 Å². The van der Waals surface area contributed by atoms with E-state index in [-0.39, 0.29) is 42.5 Å².